The highest BCUT2D eigenvalue weighted by Gasteiger charge is 2.76. The molecule has 0 aliphatic heterocycles. The Hall–Kier alpha value is -1.29. The van der Waals surface area contributed by atoms with Gasteiger partial charge in [0.15, 0.2) is 0 Å². The monoisotopic (exact) mass is 380 g/mol. The highest BCUT2D eigenvalue weighted by molar-refractivity contribution is 9.10. The number of hydrogen-bond donors (Lipinski definition) is 1. The lowest BCUT2D eigenvalue weighted by molar-refractivity contribution is -0.357. The molecule has 0 saturated heterocycles. The Morgan fingerprint density at radius 3 is 2.00 bits per heavy atom. The number of ether oxygens (including phenoxy) is 1. The lowest BCUT2D eigenvalue weighted by Crippen LogP contribution is -2.62. The van der Waals surface area contributed by atoms with E-state index >= 15 is 0 Å². The van der Waals surface area contributed by atoms with Crippen molar-refractivity contribution < 1.29 is 41.0 Å². The summed E-state index contributed by atoms with van der Waals surface area (Å²) in [5.74, 6) is -2.83. The molecule has 0 fully saturated rings. The van der Waals surface area contributed by atoms with Gasteiger partial charge in [0.2, 0.25) is 0 Å². The quantitative estimate of drug-likeness (QED) is 0.646. The maximum Gasteiger partial charge on any atom is 0.437 e. The number of benzene rings is 1. The zero-order chi connectivity index (χ0) is 16.5. The fraction of sp³-hybridized carbons (Fsp3) is 0.364. The van der Waals surface area contributed by atoms with Crippen molar-refractivity contribution >= 4 is 21.9 Å². The summed E-state index contributed by atoms with van der Waals surface area (Å²) in [5, 5.41) is 8.76. The molecule has 1 aromatic rings. The van der Waals surface area contributed by atoms with Gasteiger partial charge in [0.1, 0.15) is 6.61 Å². The molecule has 1 aromatic carbocycles. The van der Waals surface area contributed by atoms with Crippen LogP contribution in [0.3, 0.4) is 0 Å². The van der Waals surface area contributed by atoms with Gasteiger partial charge in [0.25, 0.3) is 0 Å². The van der Waals surface area contributed by atoms with Crippen LogP contribution in [0.2, 0.25) is 0 Å². The fourth-order valence-electron chi connectivity index (χ4n) is 1.26. The normalized spacial score (nSPS) is 13.1. The molecule has 21 heavy (non-hydrogen) atoms. The van der Waals surface area contributed by atoms with Crippen LogP contribution in [0.4, 0.5) is 26.3 Å². The fourth-order valence-corrected chi connectivity index (χ4v) is 1.65. The van der Waals surface area contributed by atoms with Crippen LogP contribution in [-0.4, -0.2) is 29.0 Å². The molecular weight excluding hydrogens is 374 g/mol. The van der Waals surface area contributed by atoms with Gasteiger partial charge in [-0.25, -0.2) is 4.79 Å². The summed E-state index contributed by atoms with van der Waals surface area (Å²) in [4.78, 5) is 11.1. The van der Waals surface area contributed by atoms with Crippen LogP contribution >= 0.6 is 15.9 Å². The summed E-state index contributed by atoms with van der Waals surface area (Å²) in [6, 6.07) is 5.74. The van der Waals surface area contributed by atoms with E-state index in [-0.39, 0.29) is 5.56 Å². The van der Waals surface area contributed by atoms with E-state index in [0.29, 0.717) is 4.47 Å². The minimum atomic E-state index is -6.25. The molecule has 118 valence electrons. The van der Waals surface area contributed by atoms with Crippen molar-refractivity contribution in [1.82, 2.24) is 0 Å². The molecule has 0 aromatic heterocycles. The van der Waals surface area contributed by atoms with Gasteiger partial charge in [-0.2, -0.15) is 26.3 Å². The van der Waals surface area contributed by atoms with Gasteiger partial charge in [-0.1, -0.05) is 34.1 Å². The minimum Gasteiger partial charge on any atom is -0.458 e. The van der Waals surface area contributed by atoms with Crippen LogP contribution in [0.15, 0.2) is 28.7 Å². The number of halogens is 7. The molecule has 10 heteroatoms. The van der Waals surface area contributed by atoms with Crippen LogP contribution in [-0.2, 0) is 16.1 Å². The van der Waals surface area contributed by atoms with E-state index in [9.17, 15) is 31.1 Å². The molecular formula is C11H7BrF6O3. The molecule has 0 unspecified atom stereocenters. The van der Waals surface area contributed by atoms with E-state index in [2.05, 4.69) is 20.7 Å². The molecule has 0 amide bonds. The molecule has 1 rings (SSSR count). The summed E-state index contributed by atoms with van der Waals surface area (Å²) < 4.78 is 78.5. The Morgan fingerprint density at radius 1 is 1.10 bits per heavy atom. The maximum absolute atomic E-state index is 12.4. The van der Waals surface area contributed by atoms with E-state index in [1.54, 1.807) is 0 Å². The van der Waals surface area contributed by atoms with Crippen molar-refractivity contribution in [2.45, 2.75) is 24.6 Å². The summed E-state index contributed by atoms with van der Waals surface area (Å²) >= 11 is 2.98. The summed E-state index contributed by atoms with van der Waals surface area (Å²) in [5.41, 5.74) is -5.43. The molecule has 1 N–H and O–H groups in total. The summed E-state index contributed by atoms with van der Waals surface area (Å²) in [6.07, 6.45) is -12.5. The second-order valence-corrected chi connectivity index (χ2v) is 4.73. The second-order valence-electron chi connectivity index (χ2n) is 3.87. The largest absolute Gasteiger partial charge is 0.458 e. The predicted molar refractivity (Wildman–Crippen MR) is 61.0 cm³/mol. The number of alkyl halides is 6. The average molecular weight is 381 g/mol. The molecule has 0 radical (unpaired) electrons. The first kappa shape index (κ1) is 17.8. The minimum absolute atomic E-state index is 0.137. The first-order valence-electron chi connectivity index (χ1n) is 5.17. The van der Waals surface area contributed by atoms with Crippen molar-refractivity contribution in [2.24, 2.45) is 0 Å². The van der Waals surface area contributed by atoms with E-state index < -0.39 is 30.5 Å². The first-order chi connectivity index (χ1) is 9.41. The van der Waals surface area contributed by atoms with E-state index in [1.807, 2.05) is 0 Å². The Bertz CT molecular complexity index is 511. The van der Waals surface area contributed by atoms with E-state index in [1.165, 1.54) is 24.3 Å². The molecule has 0 atom stereocenters. The molecule has 0 aliphatic carbocycles. The van der Waals surface area contributed by atoms with Crippen molar-refractivity contribution in [3.05, 3.63) is 34.3 Å². The molecule has 3 nitrogen and oxygen atoms in total. The molecule has 0 heterocycles. The third-order valence-corrected chi connectivity index (χ3v) is 3.21. The zero-order valence-corrected chi connectivity index (χ0v) is 11.5. The smallest absolute Gasteiger partial charge is 0.437 e. The van der Waals surface area contributed by atoms with Gasteiger partial charge in [-0.15, -0.1) is 0 Å². The van der Waals surface area contributed by atoms with Crippen LogP contribution in [0.1, 0.15) is 5.56 Å². The van der Waals surface area contributed by atoms with Crippen molar-refractivity contribution in [3.63, 3.8) is 0 Å². The molecule has 0 aliphatic rings. The maximum atomic E-state index is 12.4. The number of carbonyl (C=O) groups excluding carboxylic acids is 1. The Kier molecular flexibility index (Phi) is 4.94. The van der Waals surface area contributed by atoms with Gasteiger partial charge < -0.3 is 9.84 Å². The van der Waals surface area contributed by atoms with Gasteiger partial charge in [0.05, 0.1) is 0 Å². The molecule has 0 spiro atoms. The lowest BCUT2D eigenvalue weighted by Gasteiger charge is -2.29. The average Bonchev–Trinajstić information content (AvgIpc) is 2.33. The molecule has 0 bridgehead atoms. The number of carbonyl (C=O) groups is 1. The van der Waals surface area contributed by atoms with Gasteiger partial charge in [0, 0.05) is 10.0 Å². The van der Waals surface area contributed by atoms with E-state index in [0.717, 1.165) is 0 Å². The van der Waals surface area contributed by atoms with Gasteiger partial charge in [-0.05, 0) is 6.07 Å². The van der Waals surface area contributed by atoms with Crippen molar-refractivity contribution in [3.8, 4) is 0 Å². The third-order valence-electron chi connectivity index (χ3n) is 2.43. The summed E-state index contributed by atoms with van der Waals surface area (Å²) in [7, 11) is 0. The van der Waals surface area contributed by atoms with Crippen LogP contribution in [0.5, 0.6) is 0 Å². The number of hydrogen-bond acceptors (Lipinski definition) is 3. The number of esters is 1. The zero-order valence-electron chi connectivity index (χ0n) is 9.93. The van der Waals surface area contributed by atoms with Crippen molar-refractivity contribution in [2.75, 3.05) is 0 Å². The van der Waals surface area contributed by atoms with Gasteiger partial charge in [-0.3, -0.25) is 0 Å². The first-order valence-corrected chi connectivity index (χ1v) is 5.97. The van der Waals surface area contributed by atoms with E-state index in [4.69, 9.17) is 5.11 Å². The molecule has 0 saturated carbocycles. The Morgan fingerprint density at radius 2 is 1.57 bits per heavy atom. The van der Waals surface area contributed by atoms with Crippen LogP contribution < -0.4 is 0 Å². The van der Waals surface area contributed by atoms with Crippen LogP contribution in [0, 0.1) is 0 Å². The number of aliphatic hydroxyl groups is 1. The Balaban J connectivity index is 2.97. The Labute approximate surface area is 122 Å². The van der Waals surface area contributed by atoms with Crippen molar-refractivity contribution in [1.29, 1.82) is 0 Å². The summed E-state index contributed by atoms with van der Waals surface area (Å²) in [6.45, 7) is -0.866. The SMILES string of the molecule is O=C(OCc1ccccc1Br)C(O)(C(F)(F)F)C(F)(F)F. The topological polar surface area (TPSA) is 46.5 Å². The standard InChI is InChI=1S/C11H7BrF6O3/c12-7-4-2-1-3-6(7)5-21-8(19)9(20,10(13,14)15)11(16,17)18/h1-4,20H,5H2. The highest BCUT2D eigenvalue weighted by atomic mass is 79.9. The highest BCUT2D eigenvalue weighted by Crippen LogP contribution is 2.44. The second kappa shape index (κ2) is 5.84. The van der Waals surface area contributed by atoms with Gasteiger partial charge >= 0.3 is 23.9 Å². The third kappa shape index (κ3) is 3.49. The predicted octanol–water partition coefficient (Wildman–Crippen LogP) is 3.35. The lowest BCUT2D eigenvalue weighted by atomic mass is 10.0. The number of rotatable bonds is 3. The van der Waals surface area contributed by atoms with Crippen LogP contribution in [0.25, 0.3) is 0 Å².